The van der Waals surface area contributed by atoms with Gasteiger partial charge in [0.05, 0.1) is 13.2 Å². The summed E-state index contributed by atoms with van der Waals surface area (Å²) in [5, 5.41) is 6.32. The molecular formula is C14H24N4O. The molecule has 0 heterocycles. The summed E-state index contributed by atoms with van der Waals surface area (Å²) in [6, 6.07) is 8.17. The van der Waals surface area contributed by atoms with Crippen LogP contribution in [0.3, 0.4) is 0 Å². The first-order valence-electron chi connectivity index (χ1n) is 6.61. The smallest absolute Gasteiger partial charge is 0.188 e. The Morgan fingerprint density at radius 3 is 2.63 bits per heavy atom. The predicted octanol–water partition coefficient (Wildman–Crippen LogP) is 1.56. The van der Waals surface area contributed by atoms with Gasteiger partial charge in [0.2, 0.25) is 0 Å². The summed E-state index contributed by atoms with van der Waals surface area (Å²) in [7, 11) is 1.69. The van der Waals surface area contributed by atoms with E-state index in [0.29, 0.717) is 19.1 Å². The van der Waals surface area contributed by atoms with Gasteiger partial charge in [0.25, 0.3) is 0 Å². The molecule has 0 fully saturated rings. The van der Waals surface area contributed by atoms with Crippen LogP contribution in [0, 0.1) is 0 Å². The molecule has 4 N–H and O–H groups in total. The molecule has 0 aromatic heterocycles. The van der Waals surface area contributed by atoms with Crippen molar-refractivity contribution in [2.75, 3.05) is 32.1 Å². The molecule has 0 bridgehead atoms. The first-order valence-corrected chi connectivity index (χ1v) is 6.61. The van der Waals surface area contributed by atoms with E-state index >= 15 is 0 Å². The number of rotatable bonds is 8. The molecule has 5 nitrogen and oxygen atoms in total. The largest absolute Gasteiger partial charge is 0.383 e. The molecule has 0 aliphatic carbocycles. The van der Waals surface area contributed by atoms with Crippen molar-refractivity contribution in [3.8, 4) is 0 Å². The number of methoxy groups -OCH3 is 1. The fourth-order valence-electron chi connectivity index (χ4n) is 1.51. The van der Waals surface area contributed by atoms with Gasteiger partial charge in [-0.1, -0.05) is 19.1 Å². The van der Waals surface area contributed by atoms with Crippen molar-refractivity contribution in [1.82, 2.24) is 5.32 Å². The number of nitrogens with two attached hydrogens (primary N) is 1. The van der Waals surface area contributed by atoms with Gasteiger partial charge in [-0.25, -0.2) is 4.99 Å². The van der Waals surface area contributed by atoms with Crippen molar-refractivity contribution in [2.45, 2.75) is 19.9 Å². The minimum absolute atomic E-state index is 0.504. The van der Waals surface area contributed by atoms with Crippen LogP contribution < -0.4 is 16.4 Å². The molecule has 1 aromatic carbocycles. The Kier molecular flexibility index (Phi) is 7.43. The van der Waals surface area contributed by atoms with Crippen LogP contribution in [0.4, 0.5) is 5.69 Å². The number of benzene rings is 1. The number of ether oxygens (including phenoxy) is 1. The van der Waals surface area contributed by atoms with Crippen molar-refractivity contribution < 1.29 is 4.74 Å². The zero-order valence-electron chi connectivity index (χ0n) is 11.8. The molecule has 1 rings (SSSR count). The van der Waals surface area contributed by atoms with E-state index in [4.69, 9.17) is 10.5 Å². The summed E-state index contributed by atoms with van der Waals surface area (Å²) in [5.41, 5.74) is 7.95. The van der Waals surface area contributed by atoms with Gasteiger partial charge in [-0.05, 0) is 24.1 Å². The van der Waals surface area contributed by atoms with Gasteiger partial charge < -0.3 is 21.1 Å². The molecule has 5 heteroatoms. The molecule has 0 spiro atoms. The normalized spacial score (nSPS) is 11.4. The van der Waals surface area contributed by atoms with Crippen LogP contribution in [-0.2, 0) is 11.3 Å². The zero-order chi connectivity index (χ0) is 13.9. The minimum Gasteiger partial charge on any atom is -0.383 e. The second kappa shape index (κ2) is 9.22. The Morgan fingerprint density at radius 1 is 1.26 bits per heavy atom. The number of nitrogens with one attached hydrogen (secondary N) is 2. The van der Waals surface area contributed by atoms with Crippen LogP contribution in [0.2, 0.25) is 0 Å². The topological polar surface area (TPSA) is 71.7 Å². The molecule has 19 heavy (non-hydrogen) atoms. The highest BCUT2D eigenvalue weighted by Gasteiger charge is 1.95. The van der Waals surface area contributed by atoms with Crippen molar-refractivity contribution in [3.05, 3.63) is 29.8 Å². The summed E-state index contributed by atoms with van der Waals surface area (Å²) in [5.74, 6) is 0.504. The van der Waals surface area contributed by atoms with E-state index in [1.807, 2.05) is 24.3 Å². The van der Waals surface area contributed by atoms with Crippen LogP contribution in [0.15, 0.2) is 29.3 Å². The third-order valence-corrected chi connectivity index (χ3v) is 2.58. The van der Waals surface area contributed by atoms with Crippen LogP contribution in [0.1, 0.15) is 18.9 Å². The van der Waals surface area contributed by atoms with Crippen molar-refractivity contribution >= 4 is 11.6 Å². The molecule has 1 aromatic rings. The lowest BCUT2D eigenvalue weighted by molar-refractivity contribution is 0.211. The van der Waals surface area contributed by atoms with Crippen LogP contribution >= 0.6 is 0 Å². The van der Waals surface area contributed by atoms with E-state index in [1.54, 1.807) is 7.11 Å². The third kappa shape index (κ3) is 6.67. The molecule has 0 saturated carbocycles. The number of guanidine groups is 1. The number of hydrogen-bond acceptors (Lipinski definition) is 3. The Hall–Kier alpha value is -1.75. The second-order valence-corrected chi connectivity index (χ2v) is 4.24. The molecule has 0 unspecified atom stereocenters. The van der Waals surface area contributed by atoms with Gasteiger partial charge >= 0.3 is 0 Å². The zero-order valence-corrected chi connectivity index (χ0v) is 11.8. The summed E-state index contributed by atoms with van der Waals surface area (Å²) in [4.78, 5) is 4.28. The summed E-state index contributed by atoms with van der Waals surface area (Å²) >= 11 is 0. The van der Waals surface area contributed by atoms with Crippen molar-refractivity contribution in [3.63, 3.8) is 0 Å². The average Bonchev–Trinajstić information content (AvgIpc) is 2.44. The van der Waals surface area contributed by atoms with Gasteiger partial charge in [0.15, 0.2) is 5.96 Å². The lowest BCUT2D eigenvalue weighted by atomic mass is 10.2. The van der Waals surface area contributed by atoms with Gasteiger partial charge in [-0.15, -0.1) is 0 Å². The number of hydrogen-bond donors (Lipinski definition) is 3. The van der Waals surface area contributed by atoms with Crippen LogP contribution in [-0.4, -0.2) is 32.8 Å². The average molecular weight is 264 g/mol. The number of anilines is 1. The minimum atomic E-state index is 0.504. The summed E-state index contributed by atoms with van der Waals surface area (Å²) in [6.45, 7) is 5.06. The SMILES string of the molecule is CCCNC(N)=NCc1ccc(NCCOC)cc1. The first kappa shape index (κ1) is 15.3. The van der Waals surface area contributed by atoms with E-state index in [-0.39, 0.29) is 0 Å². The summed E-state index contributed by atoms with van der Waals surface area (Å²) in [6.07, 6.45) is 1.04. The molecule has 0 atom stereocenters. The fourth-order valence-corrected chi connectivity index (χ4v) is 1.51. The highest BCUT2D eigenvalue weighted by Crippen LogP contribution is 2.09. The summed E-state index contributed by atoms with van der Waals surface area (Å²) < 4.78 is 4.98. The Bertz CT molecular complexity index is 376. The molecule has 106 valence electrons. The highest BCUT2D eigenvalue weighted by atomic mass is 16.5. The molecule has 0 amide bonds. The first-order chi connectivity index (χ1) is 9.26. The van der Waals surface area contributed by atoms with Crippen LogP contribution in [0.5, 0.6) is 0 Å². The molecule has 0 aliphatic rings. The molecule has 0 aliphatic heterocycles. The van der Waals surface area contributed by atoms with E-state index in [0.717, 1.165) is 30.8 Å². The Balaban J connectivity index is 2.39. The lowest BCUT2D eigenvalue weighted by Crippen LogP contribution is -2.32. The van der Waals surface area contributed by atoms with Crippen LogP contribution in [0.25, 0.3) is 0 Å². The maximum atomic E-state index is 5.73. The predicted molar refractivity (Wildman–Crippen MR) is 80.4 cm³/mol. The van der Waals surface area contributed by atoms with Crippen molar-refractivity contribution in [1.29, 1.82) is 0 Å². The van der Waals surface area contributed by atoms with Gasteiger partial charge in [-0.3, -0.25) is 0 Å². The molecule has 0 saturated heterocycles. The Morgan fingerprint density at radius 2 is 2.00 bits per heavy atom. The third-order valence-electron chi connectivity index (χ3n) is 2.58. The molecular weight excluding hydrogens is 240 g/mol. The fraction of sp³-hybridized carbons (Fsp3) is 0.500. The maximum Gasteiger partial charge on any atom is 0.188 e. The van der Waals surface area contributed by atoms with E-state index in [9.17, 15) is 0 Å². The molecule has 0 radical (unpaired) electrons. The van der Waals surface area contributed by atoms with Gasteiger partial charge in [0.1, 0.15) is 0 Å². The lowest BCUT2D eigenvalue weighted by Gasteiger charge is -2.06. The highest BCUT2D eigenvalue weighted by molar-refractivity contribution is 5.77. The standard InChI is InChI=1S/C14H24N4O/c1-3-8-17-14(15)18-11-12-4-6-13(7-5-12)16-9-10-19-2/h4-7,16H,3,8-11H2,1-2H3,(H3,15,17,18). The second-order valence-electron chi connectivity index (χ2n) is 4.24. The van der Waals surface area contributed by atoms with Gasteiger partial charge in [0, 0.05) is 25.9 Å². The number of aliphatic imine (C=N–C) groups is 1. The van der Waals surface area contributed by atoms with E-state index in [1.165, 1.54) is 0 Å². The quantitative estimate of drug-likeness (QED) is 0.378. The maximum absolute atomic E-state index is 5.73. The van der Waals surface area contributed by atoms with E-state index in [2.05, 4.69) is 22.5 Å². The van der Waals surface area contributed by atoms with Crippen molar-refractivity contribution in [2.24, 2.45) is 10.7 Å². The number of nitrogens with zero attached hydrogens (tertiary/aromatic N) is 1. The van der Waals surface area contributed by atoms with E-state index < -0.39 is 0 Å². The monoisotopic (exact) mass is 264 g/mol. The van der Waals surface area contributed by atoms with Gasteiger partial charge in [-0.2, -0.15) is 0 Å². The Labute approximate surface area is 115 Å².